The van der Waals surface area contributed by atoms with Crippen molar-refractivity contribution in [3.05, 3.63) is 80.4 Å². The second kappa shape index (κ2) is 5.55. The van der Waals surface area contributed by atoms with Gasteiger partial charge in [0.1, 0.15) is 5.82 Å². The minimum atomic E-state index is -0.642. The Kier molecular flexibility index (Phi) is 3.33. The first kappa shape index (κ1) is 15.6. The highest BCUT2D eigenvalue weighted by molar-refractivity contribution is 6.23. The lowest BCUT2D eigenvalue weighted by atomic mass is 10.1. The van der Waals surface area contributed by atoms with Crippen molar-refractivity contribution in [1.82, 2.24) is 14.9 Å². The smallest absolute Gasteiger partial charge is 0.262 e. The van der Waals surface area contributed by atoms with Crippen molar-refractivity contribution in [1.29, 1.82) is 0 Å². The third-order valence-electron chi connectivity index (χ3n) is 4.14. The number of hydrogen-bond acceptors (Lipinski definition) is 5. The molecule has 3 heterocycles. The number of pyridine rings is 2. The summed E-state index contributed by atoms with van der Waals surface area (Å²) in [6.45, 7) is 0. The van der Waals surface area contributed by atoms with Crippen LogP contribution in [0.3, 0.4) is 0 Å². The molecule has 26 heavy (non-hydrogen) atoms. The van der Waals surface area contributed by atoms with E-state index in [2.05, 4.69) is 10.3 Å². The summed E-state index contributed by atoms with van der Waals surface area (Å²) < 4.78 is 1.15. The van der Waals surface area contributed by atoms with E-state index in [1.165, 1.54) is 6.07 Å². The summed E-state index contributed by atoms with van der Waals surface area (Å²) in [5, 5.41) is 2.12. The van der Waals surface area contributed by atoms with E-state index in [0.29, 0.717) is 16.9 Å². The Morgan fingerprint density at radius 2 is 1.65 bits per heavy atom. The van der Waals surface area contributed by atoms with E-state index in [1.54, 1.807) is 36.4 Å². The number of hydrogen-bond donors (Lipinski definition) is 3. The van der Waals surface area contributed by atoms with Crippen LogP contribution in [-0.4, -0.2) is 21.4 Å². The van der Waals surface area contributed by atoms with Crippen molar-refractivity contribution >= 4 is 17.6 Å². The highest BCUT2D eigenvalue weighted by Gasteiger charge is 2.31. The fraction of sp³-hybridized carbons (Fsp3) is 0. The van der Waals surface area contributed by atoms with Gasteiger partial charge in [-0.2, -0.15) is 0 Å². The quantitative estimate of drug-likeness (QED) is 0.586. The van der Waals surface area contributed by atoms with Crippen molar-refractivity contribution in [2.24, 2.45) is 0 Å². The molecule has 1 aliphatic rings. The van der Waals surface area contributed by atoms with E-state index in [4.69, 9.17) is 5.73 Å². The largest absolute Gasteiger partial charge is 0.384 e. The molecule has 8 heteroatoms. The van der Waals surface area contributed by atoms with Crippen LogP contribution in [0.1, 0.15) is 20.7 Å². The molecule has 4 rings (SSSR count). The molecule has 2 aromatic heterocycles. The molecule has 3 aromatic rings. The Bertz CT molecular complexity index is 1210. The SMILES string of the molecule is Nc1c2c(cc(=O)n1-c1cccc(-c3cccc(=O)[nH]3)c1)C(=O)NC2=O. The molecule has 0 spiro atoms. The molecule has 1 aromatic carbocycles. The molecule has 0 unspecified atom stereocenters. The minimum Gasteiger partial charge on any atom is -0.384 e. The molecule has 0 bridgehead atoms. The second-order valence-corrected chi connectivity index (χ2v) is 5.75. The zero-order valence-corrected chi connectivity index (χ0v) is 13.3. The Balaban J connectivity index is 1.93. The number of H-pyrrole nitrogens is 1. The van der Waals surface area contributed by atoms with E-state index < -0.39 is 17.4 Å². The molecular formula is C18H12N4O4. The Hall–Kier alpha value is -3.94. The summed E-state index contributed by atoms with van der Waals surface area (Å²) in [6, 6.07) is 12.6. The average Bonchev–Trinajstić information content (AvgIpc) is 2.89. The average molecular weight is 348 g/mol. The second-order valence-electron chi connectivity index (χ2n) is 5.75. The summed E-state index contributed by atoms with van der Waals surface area (Å²) in [6.07, 6.45) is 0. The number of nitrogen functional groups attached to an aromatic ring is 1. The monoisotopic (exact) mass is 348 g/mol. The summed E-state index contributed by atoms with van der Waals surface area (Å²) >= 11 is 0. The van der Waals surface area contributed by atoms with Crippen molar-refractivity contribution in [2.45, 2.75) is 0 Å². The van der Waals surface area contributed by atoms with Gasteiger partial charge in [0.05, 0.1) is 16.8 Å². The lowest BCUT2D eigenvalue weighted by Gasteiger charge is -2.13. The van der Waals surface area contributed by atoms with Gasteiger partial charge in [-0.25, -0.2) is 0 Å². The highest BCUT2D eigenvalue weighted by Crippen LogP contribution is 2.25. The third kappa shape index (κ3) is 2.32. The zero-order valence-electron chi connectivity index (χ0n) is 13.3. The van der Waals surface area contributed by atoms with Gasteiger partial charge in [-0.05, 0) is 18.2 Å². The highest BCUT2D eigenvalue weighted by atomic mass is 16.2. The predicted octanol–water partition coefficient (Wildman–Crippen LogP) is 0.659. The molecule has 0 saturated carbocycles. The van der Waals surface area contributed by atoms with Crippen LogP contribution in [0.5, 0.6) is 0 Å². The van der Waals surface area contributed by atoms with Crippen LogP contribution >= 0.6 is 0 Å². The number of rotatable bonds is 2. The maximum atomic E-state index is 12.5. The van der Waals surface area contributed by atoms with E-state index in [9.17, 15) is 19.2 Å². The molecular weight excluding hydrogens is 336 g/mol. The van der Waals surface area contributed by atoms with E-state index in [1.807, 2.05) is 0 Å². The molecule has 0 atom stereocenters. The minimum absolute atomic E-state index is 0.0203. The van der Waals surface area contributed by atoms with E-state index in [-0.39, 0.29) is 22.5 Å². The van der Waals surface area contributed by atoms with Crippen molar-refractivity contribution in [2.75, 3.05) is 5.73 Å². The number of carbonyl (C=O) groups is 2. The first-order chi connectivity index (χ1) is 12.5. The first-order valence-corrected chi connectivity index (χ1v) is 7.67. The number of amides is 2. The molecule has 0 aliphatic carbocycles. The molecule has 1 aliphatic heterocycles. The van der Waals surface area contributed by atoms with Crippen molar-refractivity contribution in [3.8, 4) is 16.9 Å². The number of imide groups is 1. The van der Waals surface area contributed by atoms with Crippen LogP contribution in [0.2, 0.25) is 0 Å². The number of aromatic nitrogens is 2. The van der Waals surface area contributed by atoms with Crippen LogP contribution in [0, 0.1) is 0 Å². The number of fused-ring (bicyclic) bond motifs is 1. The maximum absolute atomic E-state index is 12.5. The molecule has 2 amide bonds. The van der Waals surface area contributed by atoms with Crippen molar-refractivity contribution < 1.29 is 9.59 Å². The zero-order chi connectivity index (χ0) is 18.4. The number of nitrogens with zero attached hydrogens (tertiary/aromatic N) is 1. The normalized spacial score (nSPS) is 12.8. The van der Waals surface area contributed by atoms with Gasteiger partial charge < -0.3 is 10.7 Å². The number of anilines is 1. The van der Waals surface area contributed by atoms with Gasteiger partial charge in [0.2, 0.25) is 5.56 Å². The van der Waals surface area contributed by atoms with E-state index >= 15 is 0 Å². The summed E-state index contributed by atoms with van der Waals surface area (Å²) in [7, 11) is 0. The number of benzene rings is 1. The molecule has 0 saturated heterocycles. The summed E-state index contributed by atoms with van der Waals surface area (Å²) in [5.74, 6) is -1.40. The molecule has 0 fully saturated rings. The number of carbonyl (C=O) groups excluding carboxylic acids is 2. The Labute approximate surface area is 145 Å². The number of nitrogens with two attached hydrogens (primary N) is 1. The van der Waals surface area contributed by atoms with Crippen LogP contribution in [0.4, 0.5) is 5.82 Å². The summed E-state index contributed by atoms with van der Waals surface area (Å²) in [4.78, 5) is 50.4. The van der Waals surface area contributed by atoms with Gasteiger partial charge in [-0.1, -0.05) is 18.2 Å². The molecule has 0 radical (unpaired) electrons. The van der Waals surface area contributed by atoms with Gasteiger partial charge in [0, 0.05) is 23.4 Å². The van der Waals surface area contributed by atoms with Crippen LogP contribution in [0.25, 0.3) is 16.9 Å². The van der Waals surface area contributed by atoms with Crippen LogP contribution < -0.4 is 22.2 Å². The first-order valence-electron chi connectivity index (χ1n) is 7.67. The third-order valence-corrected chi connectivity index (χ3v) is 4.14. The van der Waals surface area contributed by atoms with Gasteiger partial charge in [-0.15, -0.1) is 0 Å². The van der Waals surface area contributed by atoms with Crippen LogP contribution in [0.15, 0.2) is 58.1 Å². The lowest BCUT2D eigenvalue weighted by Crippen LogP contribution is -2.24. The van der Waals surface area contributed by atoms with Crippen molar-refractivity contribution in [3.63, 3.8) is 0 Å². The molecule has 128 valence electrons. The molecule has 8 nitrogen and oxygen atoms in total. The Morgan fingerprint density at radius 3 is 2.42 bits per heavy atom. The maximum Gasteiger partial charge on any atom is 0.262 e. The number of nitrogens with one attached hydrogen (secondary N) is 2. The van der Waals surface area contributed by atoms with Gasteiger partial charge in [0.15, 0.2) is 0 Å². The fourth-order valence-electron chi connectivity index (χ4n) is 2.97. The van der Waals surface area contributed by atoms with Crippen LogP contribution in [-0.2, 0) is 0 Å². The molecule has 4 N–H and O–H groups in total. The summed E-state index contributed by atoms with van der Waals surface area (Å²) in [5.41, 5.74) is 6.82. The van der Waals surface area contributed by atoms with E-state index in [0.717, 1.165) is 10.6 Å². The topological polar surface area (TPSA) is 127 Å². The fourth-order valence-corrected chi connectivity index (χ4v) is 2.97. The van der Waals surface area contributed by atoms with Gasteiger partial charge in [0.25, 0.3) is 17.4 Å². The van der Waals surface area contributed by atoms with Gasteiger partial charge >= 0.3 is 0 Å². The Morgan fingerprint density at radius 1 is 0.885 bits per heavy atom. The van der Waals surface area contributed by atoms with Gasteiger partial charge in [-0.3, -0.25) is 29.1 Å². The lowest BCUT2D eigenvalue weighted by molar-refractivity contribution is 0.0880. The number of aromatic amines is 1. The standard InChI is InChI=1S/C18H12N4O4/c19-16-15-11(17(25)21-18(15)26)8-14(24)22(16)10-4-1-3-9(7-10)12-5-2-6-13(23)20-12/h1-8H,19H2,(H,20,23)(H,21,25,26). The predicted molar refractivity (Wildman–Crippen MR) is 94.3 cm³/mol.